The van der Waals surface area contributed by atoms with E-state index in [-0.39, 0.29) is 5.91 Å². The first-order chi connectivity index (χ1) is 17.9. The van der Waals surface area contributed by atoms with Gasteiger partial charge in [0.2, 0.25) is 0 Å². The molecule has 0 spiro atoms. The van der Waals surface area contributed by atoms with E-state index in [4.69, 9.17) is 10.5 Å². The fourth-order valence-corrected chi connectivity index (χ4v) is 4.44. The van der Waals surface area contributed by atoms with Crippen molar-refractivity contribution in [2.24, 2.45) is 5.73 Å². The van der Waals surface area contributed by atoms with Crippen LogP contribution in [0.3, 0.4) is 0 Å². The molecule has 0 saturated carbocycles. The summed E-state index contributed by atoms with van der Waals surface area (Å²) < 4.78 is 5.26. The van der Waals surface area contributed by atoms with Crippen molar-refractivity contribution in [3.8, 4) is 16.9 Å². The van der Waals surface area contributed by atoms with Crippen molar-refractivity contribution in [1.29, 1.82) is 0 Å². The third-order valence-electron chi connectivity index (χ3n) is 6.62. The lowest BCUT2D eigenvalue weighted by Crippen LogP contribution is -2.47. The largest absolute Gasteiger partial charge is 0.496 e. The zero-order valence-corrected chi connectivity index (χ0v) is 20.8. The highest BCUT2D eigenvalue weighted by molar-refractivity contribution is 5.98. The SMILES string of the molecule is COc1ccc(-c2ccc3ncnc(Nc4ccc(C(=O)N5CCN(C)CC5)cc4)c3c2)cc1C(N)=O. The number of carbonyl (C=O) groups is 2. The van der Waals surface area contributed by atoms with E-state index in [2.05, 4.69) is 27.2 Å². The van der Waals surface area contributed by atoms with Gasteiger partial charge in [-0.15, -0.1) is 0 Å². The van der Waals surface area contributed by atoms with Gasteiger partial charge in [-0.05, 0) is 66.7 Å². The fourth-order valence-electron chi connectivity index (χ4n) is 4.44. The van der Waals surface area contributed by atoms with E-state index in [1.807, 2.05) is 53.4 Å². The molecule has 1 aliphatic rings. The number of methoxy groups -OCH3 is 1. The minimum Gasteiger partial charge on any atom is -0.496 e. The van der Waals surface area contributed by atoms with Crippen LogP contribution in [0.15, 0.2) is 67.0 Å². The van der Waals surface area contributed by atoms with Crippen molar-refractivity contribution in [1.82, 2.24) is 19.8 Å². The summed E-state index contributed by atoms with van der Waals surface area (Å²) in [6, 6.07) is 18.6. The molecule has 3 N–H and O–H groups in total. The molecule has 188 valence electrons. The zero-order valence-electron chi connectivity index (χ0n) is 20.8. The van der Waals surface area contributed by atoms with Crippen LogP contribution in [0.2, 0.25) is 0 Å². The molecular weight excluding hydrogens is 468 g/mol. The van der Waals surface area contributed by atoms with E-state index in [1.165, 1.54) is 13.4 Å². The Balaban J connectivity index is 1.40. The van der Waals surface area contributed by atoms with Gasteiger partial charge in [-0.2, -0.15) is 0 Å². The Bertz CT molecular complexity index is 1460. The molecule has 1 aromatic heterocycles. The Morgan fingerprint density at radius 1 is 0.919 bits per heavy atom. The number of hydrogen-bond donors (Lipinski definition) is 2. The van der Waals surface area contributed by atoms with E-state index < -0.39 is 5.91 Å². The molecule has 0 unspecified atom stereocenters. The van der Waals surface area contributed by atoms with Crippen LogP contribution in [0.1, 0.15) is 20.7 Å². The molecule has 2 amide bonds. The first kappa shape index (κ1) is 24.2. The fraction of sp³-hybridized carbons (Fsp3) is 0.214. The van der Waals surface area contributed by atoms with Crippen molar-refractivity contribution in [3.05, 3.63) is 78.1 Å². The highest BCUT2D eigenvalue weighted by Crippen LogP contribution is 2.31. The topological polar surface area (TPSA) is 114 Å². The van der Waals surface area contributed by atoms with Crippen molar-refractivity contribution in [2.45, 2.75) is 0 Å². The van der Waals surface area contributed by atoms with Gasteiger partial charge >= 0.3 is 0 Å². The Hall–Kier alpha value is -4.50. The lowest BCUT2D eigenvalue weighted by atomic mass is 10.0. The number of rotatable bonds is 6. The maximum atomic E-state index is 12.9. The van der Waals surface area contributed by atoms with Gasteiger partial charge in [0.1, 0.15) is 17.9 Å². The van der Waals surface area contributed by atoms with E-state index >= 15 is 0 Å². The Morgan fingerprint density at radius 3 is 2.32 bits per heavy atom. The molecule has 5 rings (SSSR count). The second-order valence-corrected chi connectivity index (χ2v) is 9.03. The number of anilines is 2. The average molecular weight is 497 g/mol. The number of carbonyl (C=O) groups excluding carboxylic acids is 2. The molecule has 2 heterocycles. The number of likely N-dealkylation sites (N-methyl/N-ethyl adjacent to an activating group) is 1. The second kappa shape index (κ2) is 10.2. The predicted molar refractivity (Wildman–Crippen MR) is 143 cm³/mol. The molecule has 37 heavy (non-hydrogen) atoms. The van der Waals surface area contributed by atoms with Crippen LogP contribution in [0.25, 0.3) is 22.0 Å². The highest BCUT2D eigenvalue weighted by atomic mass is 16.5. The highest BCUT2D eigenvalue weighted by Gasteiger charge is 2.20. The van der Waals surface area contributed by atoms with Gasteiger partial charge in [0, 0.05) is 42.8 Å². The van der Waals surface area contributed by atoms with E-state index in [1.54, 1.807) is 12.1 Å². The molecule has 9 nitrogen and oxygen atoms in total. The van der Waals surface area contributed by atoms with Gasteiger partial charge in [-0.25, -0.2) is 9.97 Å². The molecule has 3 aromatic carbocycles. The van der Waals surface area contributed by atoms with Crippen LogP contribution >= 0.6 is 0 Å². The molecule has 0 aliphatic carbocycles. The van der Waals surface area contributed by atoms with Crippen molar-refractivity contribution >= 4 is 34.2 Å². The van der Waals surface area contributed by atoms with Crippen molar-refractivity contribution < 1.29 is 14.3 Å². The summed E-state index contributed by atoms with van der Waals surface area (Å²) in [6.45, 7) is 3.24. The molecule has 1 aliphatic heterocycles. The van der Waals surface area contributed by atoms with E-state index in [0.717, 1.165) is 53.9 Å². The average Bonchev–Trinajstić information content (AvgIpc) is 2.93. The number of nitrogens with zero attached hydrogens (tertiary/aromatic N) is 4. The minimum atomic E-state index is -0.556. The Labute approximate surface area is 214 Å². The number of piperazine rings is 1. The standard InChI is InChI=1S/C28H28N6O3/c1-33-11-13-34(14-12-33)28(36)18-3-7-21(8-4-18)32-27-22-15-19(5-9-24(22)30-17-31-27)20-6-10-25(37-2)23(16-20)26(29)35/h3-10,15-17H,11-14H2,1-2H3,(H2,29,35)(H,30,31,32). The lowest BCUT2D eigenvalue weighted by molar-refractivity contribution is 0.0664. The van der Waals surface area contributed by atoms with Crippen LogP contribution in [-0.2, 0) is 0 Å². The smallest absolute Gasteiger partial charge is 0.253 e. The number of amides is 2. The number of nitrogens with one attached hydrogen (secondary N) is 1. The van der Waals surface area contributed by atoms with Gasteiger partial charge in [-0.1, -0.05) is 12.1 Å². The third kappa shape index (κ3) is 5.07. The maximum absolute atomic E-state index is 12.9. The van der Waals surface area contributed by atoms with Crippen molar-refractivity contribution in [3.63, 3.8) is 0 Å². The third-order valence-corrected chi connectivity index (χ3v) is 6.62. The first-order valence-corrected chi connectivity index (χ1v) is 12.0. The number of benzene rings is 3. The van der Waals surface area contributed by atoms with Gasteiger partial charge < -0.3 is 25.6 Å². The number of primary amides is 1. The summed E-state index contributed by atoms with van der Waals surface area (Å²) in [4.78, 5) is 37.7. The molecule has 1 fully saturated rings. The number of fused-ring (bicyclic) bond motifs is 1. The summed E-state index contributed by atoms with van der Waals surface area (Å²) >= 11 is 0. The van der Waals surface area contributed by atoms with Crippen LogP contribution in [-0.4, -0.2) is 71.9 Å². The van der Waals surface area contributed by atoms with Gasteiger partial charge in [0.15, 0.2) is 0 Å². The van der Waals surface area contributed by atoms with Crippen LogP contribution in [0.5, 0.6) is 5.75 Å². The molecule has 9 heteroatoms. The molecular formula is C28H28N6O3. The first-order valence-electron chi connectivity index (χ1n) is 12.0. The predicted octanol–water partition coefficient (Wildman–Crippen LogP) is 3.54. The normalized spacial score (nSPS) is 13.9. The summed E-state index contributed by atoms with van der Waals surface area (Å²) in [5.41, 5.74) is 9.79. The van der Waals surface area contributed by atoms with Gasteiger partial charge in [0.05, 0.1) is 18.2 Å². The molecule has 1 saturated heterocycles. The number of hydrogen-bond acceptors (Lipinski definition) is 7. The summed E-state index contributed by atoms with van der Waals surface area (Å²) in [5, 5.41) is 4.16. The quantitative estimate of drug-likeness (QED) is 0.420. The summed E-state index contributed by atoms with van der Waals surface area (Å²) in [5.74, 6) is 0.553. The number of nitrogens with two attached hydrogens (primary N) is 1. The number of aromatic nitrogens is 2. The molecule has 0 atom stereocenters. The Morgan fingerprint density at radius 2 is 1.62 bits per heavy atom. The second-order valence-electron chi connectivity index (χ2n) is 9.03. The van der Waals surface area contributed by atoms with Crippen LogP contribution < -0.4 is 15.8 Å². The summed E-state index contributed by atoms with van der Waals surface area (Å²) in [7, 11) is 3.57. The Kier molecular flexibility index (Phi) is 6.70. The zero-order chi connectivity index (χ0) is 25.9. The van der Waals surface area contributed by atoms with E-state index in [9.17, 15) is 9.59 Å². The molecule has 4 aromatic rings. The number of ether oxygens (including phenoxy) is 1. The molecule has 0 bridgehead atoms. The summed E-state index contributed by atoms with van der Waals surface area (Å²) in [6.07, 6.45) is 1.51. The van der Waals surface area contributed by atoms with Gasteiger partial charge in [-0.3, -0.25) is 9.59 Å². The maximum Gasteiger partial charge on any atom is 0.253 e. The minimum absolute atomic E-state index is 0.0478. The van der Waals surface area contributed by atoms with Gasteiger partial charge in [0.25, 0.3) is 11.8 Å². The van der Waals surface area contributed by atoms with Crippen molar-refractivity contribution in [2.75, 3.05) is 45.7 Å². The van der Waals surface area contributed by atoms with E-state index in [0.29, 0.717) is 22.7 Å². The van der Waals surface area contributed by atoms with Crippen LogP contribution in [0, 0.1) is 0 Å². The monoisotopic (exact) mass is 496 g/mol. The molecule has 0 radical (unpaired) electrons. The lowest BCUT2D eigenvalue weighted by Gasteiger charge is -2.32. The van der Waals surface area contributed by atoms with Crippen LogP contribution in [0.4, 0.5) is 11.5 Å².